The molecule has 0 aliphatic rings. The van der Waals surface area contributed by atoms with Crippen molar-refractivity contribution in [2.45, 2.75) is 46.4 Å². The largest absolute Gasteiger partial charge is 0.297 e. The normalized spacial score (nSPS) is 12.8. The molecule has 1 aromatic carbocycles. The van der Waals surface area contributed by atoms with E-state index in [0.29, 0.717) is 4.90 Å². The predicted molar refractivity (Wildman–Crippen MR) is 73.2 cm³/mol. The lowest BCUT2D eigenvalue weighted by molar-refractivity contribution is 0.203. The molecule has 0 aromatic heterocycles. The fraction of sp³-hybridized carbons (Fsp3) is 0.571. The van der Waals surface area contributed by atoms with Crippen LogP contribution in [0.4, 0.5) is 0 Å². The number of hydrogen-bond donors (Lipinski definition) is 0. The molecule has 1 aromatic rings. The first-order valence-electron chi connectivity index (χ1n) is 6.00. The van der Waals surface area contributed by atoms with Crippen LogP contribution in [-0.4, -0.2) is 15.0 Å². The van der Waals surface area contributed by atoms with Gasteiger partial charge in [-0.05, 0) is 37.3 Å². The van der Waals surface area contributed by atoms with Crippen LogP contribution in [0.3, 0.4) is 0 Å². The van der Waals surface area contributed by atoms with Gasteiger partial charge in [-0.25, -0.2) is 0 Å². The fourth-order valence-corrected chi connectivity index (χ4v) is 3.41. The Labute approximate surface area is 110 Å². The van der Waals surface area contributed by atoms with E-state index in [1.54, 1.807) is 13.8 Å². The van der Waals surface area contributed by atoms with Gasteiger partial charge in [-0.3, -0.25) is 4.18 Å². The van der Waals surface area contributed by atoms with Crippen molar-refractivity contribution in [3.8, 4) is 0 Å². The summed E-state index contributed by atoms with van der Waals surface area (Å²) in [6.07, 6.45) is 0. The summed E-state index contributed by atoms with van der Waals surface area (Å²) in [5, 5.41) is 0. The first-order valence-corrected chi connectivity index (χ1v) is 7.41. The third kappa shape index (κ3) is 3.82. The fourth-order valence-electron chi connectivity index (χ4n) is 1.87. The van der Waals surface area contributed by atoms with E-state index in [1.807, 2.05) is 39.8 Å². The van der Waals surface area contributed by atoms with Crippen molar-refractivity contribution in [1.82, 2.24) is 0 Å². The van der Waals surface area contributed by atoms with E-state index in [1.165, 1.54) is 0 Å². The van der Waals surface area contributed by atoms with E-state index in [-0.39, 0.29) is 12.0 Å². The van der Waals surface area contributed by atoms with Crippen LogP contribution in [0, 0.1) is 26.2 Å². The Morgan fingerprint density at radius 1 is 1.06 bits per heavy atom. The van der Waals surface area contributed by atoms with E-state index in [2.05, 4.69) is 0 Å². The molecule has 0 unspecified atom stereocenters. The van der Waals surface area contributed by atoms with E-state index in [4.69, 9.17) is 4.18 Å². The van der Waals surface area contributed by atoms with Gasteiger partial charge in [0.05, 0.1) is 11.5 Å². The molecule has 0 aliphatic heterocycles. The Bertz CT molecular complexity index is 514. The van der Waals surface area contributed by atoms with Crippen molar-refractivity contribution in [1.29, 1.82) is 0 Å². The molecular formula is C14H22O3S. The number of hydrogen-bond acceptors (Lipinski definition) is 3. The van der Waals surface area contributed by atoms with E-state index >= 15 is 0 Å². The molecule has 0 amide bonds. The summed E-state index contributed by atoms with van der Waals surface area (Å²) < 4.78 is 29.6. The third-order valence-corrected chi connectivity index (χ3v) is 4.07. The van der Waals surface area contributed by atoms with E-state index in [9.17, 15) is 8.42 Å². The van der Waals surface area contributed by atoms with Gasteiger partial charge in [0.25, 0.3) is 10.1 Å². The van der Waals surface area contributed by atoms with Crippen molar-refractivity contribution in [3.05, 3.63) is 28.8 Å². The summed E-state index contributed by atoms with van der Waals surface area (Å²) >= 11 is 0. The highest BCUT2D eigenvalue weighted by molar-refractivity contribution is 7.86. The minimum atomic E-state index is -3.67. The zero-order valence-corrected chi connectivity index (χ0v) is 12.8. The molecule has 3 nitrogen and oxygen atoms in total. The standard InChI is InChI=1S/C14H22O3S/c1-10-7-11(2)13(12(3)8-10)18(15,16)17-9-14(4,5)6/h7-8H,9H2,1-6H3. The van der Waals surface area contributed by atoms with Crippen LogP contribution in [0.5, 0.6) is 0 Å². The van der Waals surface area contributed by atoms with Gasteiger partial charge in [-0.2, -0.15) is 8.42 Å². The molecule has 0 atom stereocenters. The molecule has 0 saturated heterocycles. The highest BCUT2D eigenvalue weighted by Crippen LogP contribution is 2.25. The zero-order chi connectivity index (χ0) is 14.1. The first-order chi connectivity index (χ1) is 8.03. The Morgan fingerprint density at radius 3 is 1.89 bits per heavy atom. The second-order valence-corrected chi connectivity index (χ2v) is 7.56. The van der Waals surface area contributed by atoms with Gasteiger partial charge in [-0.15, -0.1) is 0 Å². The number of rotatable bonds is 3. The molecule has 0 fully saturated rings. The second kappa shape index (κ2) is 5.02. The molecular weight excluding hydrogens is 248 g/mol. The van der Waals surface area contributed by atoms with Crippen LogP contribution in [-0.2, 0) is 14.3 Å². The first kappa shape index (κ1) is 15.2. The van der Waals surface area contributed by atoms with E-state index in [0.717, 1.165) is 16.7 Å². The van der Waals surface area contributed by atoms with E-state index < -0.39 is 10.1 Å². The lowest BCUT2D eigenvalue weighted by atomic mass is 9.99. The minimum absolute atomic E-state index is 0.181. The predicted octanol–water partition coefficient (Wildman–Crippen LogP) is 3.36. The summed E-state index contributed by atoms with van der Waals surface area (Å²) in [6.45, 7) is 11.6. The van der Waals surface area contributed by atoms with Crippen LogP contribution < -0.4 is 0 Å². The third-order valence-electron chi connectivity index (χ3n) is 2.50. The van der Waals surface area contributed by atoms with Gasteiger partial charge < -0.3 is 0 Å². The van der Waals surface area contributed by atoms with Crippen LogP contribution in [0.15, 0.2) is 17.0 Å². The molecule has 102 valence electrons. The van der Waals surface area contributed by atoms with Crippen molar-refractivity contribution in [2.24, 2.45) is 5.41 Å². The summed E-state index contributed by atoms with van der Waals surface area (Å²) in [5.74, 6) is 0. The Morgan fingerprint density at radius 2 is 1.50 bits per heavy atom. The SMILES string of the molecule is Cc1cc(C)c(S(=O)(=O)OCC(C)(C)C)c(C)c1. The van der Waals surface area contributed by atoms with Crippen molar-refractivity contribution in [3.63, 3.8) is 0 Å². The van der Waals surface area contributed by atoms with Gasteiger partial charge in [0.2, 0.25) is 0 Å². The van der Waals surface area contributed by atoms with Crippen LogP contribution >= 0.6 is 0 Å². The molecule has 18 heavy (non-hydrogen) atoms. The maximum atomic E-state index is 12.2. The Kier molecular flexibility index (Phi) is 4.23. The highest BCUT2D eigenvalue weighted by Gasteiger charge is 2.23. The summed E-state index contributed by atoms with van der Waals surface area (Å²) in [4.78, 5) is 0.303. The molecule has 0 radical (unpaired) electrons. The quantitative estimate of drug-likeness (QED) is 0.791. The molecule has 0 heterocycles. The molecule has 0 spiro atoms. The topological polar surface area (TPSA) is 43.4 Å². The number of benzene rings is 1. The monoisotopic (exact) mass is 270 g/mol. The maximum Gasteiger partial charge on any atom is 0.297 e. The van der Waals surface area contributed by atoms with Crippen LogP contribution in [0.25, 0.3) is 0 Å². The maximum absolute atomic E-state index is 12.2. The van der Waals surface area contributed by atoms with Gasteiger partial charge in [0, 0.05) is 0 Å². The molecule has 4 heteroatoms. The Balaban J connectivity index is 3.14. The van der Waals surface area contributed by atoms with Gasteiger partial charge >= 0.3 is 0 Å². The van der Waals surface area contributed by atoms with Gasteiger partial charge in [-0.1, -0.05) is 38.5 Å². The van der Waals surface area contributed by atoms with Crippen LogP contribution in [0.1, 0.15) is 37.5 Å². The van der Waals surface area contributed by atoms with Gasteiger partial charge in [0.15, 0.2) is 0 Å². The lowest BCUT2D eigenvalue weighted by Gasteiger charge is -2.19. The summed E-state index contributed by atoms with van der Waals surface area (Å²) in [5.41, 5.74) is 2.35. The molecule has 0 aliphatic carbocycles. The number of aryl methyl sites for hydroxylation is 3. The van der Waals surface area contributed by atoms with Crippen molar-refractivity contribution < 1.29 is 12.6 Å². The molecule has 0 saturated carbocycles. The average molecular weight is 270 g/mol. The minimum Gasteiger partial charge on any atom is -0.266 e. The Hall–Kier alpha value is -0.870. The highest BCUT2D eigenvalue weighted by atomic mass is 32.2. The summed E-state index contributed by atoms with van der Waals surface area (Å²) in [6, 6.07) is 3.72. The van der Waals surface area contributed by atoms with Gasteiger partial charge in [0.1, 0.15) is 0 Å². The second-order valence-electron chi connectivity index (χ2n) is 6.00. The smallest absolute Gasteiger partial charge is 0.266 e. The lowest BCUT2D eigenvalue weighted by Crippen LogP contribution is -2.19. The molecule has 1 rings (SSSR count). The average Bonchev–Trinajstić information content (AvgIpc) is 2.11. The van der Waals surface area contributed by atoms with Crippen molar-refractivity contribution in [2.75, 3.05) is 6.61 Å². The van der Waals surface area contributed by atoms with Crippen LogP contribution in [0.2, 0.25) is 0 Å². The molecule has 0 N–H and O–H groups in total. The zero-order valence-electron chi connectivity index (χ0n) is 12.0. The molecule has 0 bridgehead atoms. The van der Waals surface area contributed by atoms with Crippen molar-refractivity contribution >= 4 is 10.1 Å². The summed E-state index contributed by atoms with van der Waals surface area (Å²) in [7, 11) is -3.67.